The number of benzene rings is 1. The molecule has 3 N–H and O–H groups in total. The van der Waals surface area contributed by atoms with Crippen molar-refractivity contribution in [2.24, 2.45) is 11.7 Å². The number of hydrogen-bond donors (Lipinski definition) is 2. The molecular formula is C23H25N3O4S. The highest BCUT2D eigenvalue weighted by molar-refractivity contribution is 7.17. The molecule has 3 rings (SSSR count). The third kappa shape index (κ3) is 4.89. The zero-order valence-corrected chi connectivity index (χ0v) is 18.6. The van der Waals surface area contributed by atoms with Gasteiger partial charge in [-0.25, -0.2) is 0 Å². The fourth-order valence-corrected chi connectivity index (χ4v) is 5.05. The first-order valence-electron chi connectivity index (χ1n) is 10.1. The number of nitrogens with one attached hydrogen (secondary N) is 1. The fourth-order valence-electron chi connectivity index (χ4n) is 3.63. The van der Waals surface area contributed by atoms with Crippen LogP contribution in [-0.2, 0) is 17.6 Å². The number of nitrogens with two attached hydrogens (primary N) is 1. The van der Waals surface area contributed by atoms with Gasteiger partial charge in [0.2, 0.25) is 0 Å². The van der Waals surface area contributed by atoms with Gasteiger partial charge in [-0.15, -0.1) is 11.3 Å². The van der Waals surface area contributed by atoms with Gasteiger partial charge in [0.25, 0.3) is 11.8 Å². The van der Waals surface area contributed by atoms with Crippen LogP contribution in [-0.4, -0.2) is 25.5 Å². The zero-order chi connectivity index (χ0) is 22.5. The number of nitrogens with zero attached hydrogens (tertiary/aromatic N) is 1. The first-order valence-corrected chi connectivity index (χ1v) is 10.9. The Bertz CT molecular complexity index is 1080. The van der Waals surface area contributed by atoms with Crippen molar-refractivity contribution in [1.82, 2.24) is 0 Å². The fraction of sp³-hybridized carbons (Fsp3) is 0.348. The lowest BCUT2D eigenvalue weighted by Gasteiger charge is -2.18. The van der Waals surface area contributed by atoms with E-state index < -0.39 is 11.8 Å². The Hall–Kier alpha value is -3.31. The van der Waals surface area contributed by atoms with Gasteiger partial charge in [0.1, 0.15) is 16.6 Å². The standard InChI is InChI=1S/C23H25N3O4S/c1-4-30-17-8-6-14(11-18(17)29-3)10-15(12-24)22(28)26-23-20(21(25)27)16-7-5-13(2)9-19(16)31-23/h6,8,10-11,13H,4-5,7,9H2,1-3H3,(H2,25,27)(H,26,28)/b15-10+. The van der Waals surface area contributed by atoms with Crippen molar-refractivity contribution in [3.05, 3.63) is 45.3 Å². The summed E-state index contributed by atoms with van der Waals surface area (Å²) in [6.45, 7) is 4.52. The minimum atomic E-state index is -0.593. The molecule has 2 amide bonds. The smallest absolute Gasteiger partial charge is 0.266 e. The minimum absolute atomic E-state index is 0.0960. The van der Waals surface area contributed by atoms with E-state index in [1.807, 2.05) is 13.0 Å². The number of ether oxygens (including phenoxy) is 2. The lowest BCUT2D eigenvalue weighted by atomic mass is 9.88. The molecule has 0 saturated carbocycles. The first-order chi connectivity index (χ1) is 14.9. The summed E-state index contributed by atoms with van der Waals surface area (Å²) in [4.78, 5) is 26.0. The van der Waals surface area contributed by atoms with Gasteiger partial charge in [-0.1, -0.05) is 13.0 Å². The van der Waals surface area contributed by atoms with Gasteiger partial charge in [-0.2, -0.15) is 5.26 Å². The lowest BCUT2D eigenvalue weighted by Crippen LogP contribution is -2.19. The highest BCUT2D eigenvalue weighted by atomic mass is 32.1. The topological polar surface area (TPSA) is 114 Å². The Balaban J connectivity index is 1.89. The molecule has 1 heterocycles. The van der Waals surface area contributed by atoms with E-state index in [-0.39, 0.29) is 5.57 Å². The second-order valence-electron chi connectivity index (χ2n) is 7.39. The van der Waals surface area contributed by atoms with E-state index in [1.54, 1.807) is 18.2 Å². The molecular weight excluding hydrogens is 414 g/mol. The van der Waals surface area contributed by atoms with Crippen LogP contribution in [0.2, 0.25) is 0 Å². The monoisotopic (exact) mass is 439 g/mol. The Labute approximate surface area is 185 Å². The Morgan fingerprint density at radius 3 is 2.81 bits per heavy atom. The Morgan fingerprint density at radius 2 is 2.16 bits per heavy atom. The predicted octanol–water partition coefficient (Wildman–Crippen LogP) is 3.92. The van der Waals surface area contributed by atoms with E-state index in [9.17, 15) is 14.9 Å². The molecule has 31 heavy (non-hydrogen) atoms. The van der Waals surface area contributed by atoms with Crippen molar-refractivity contribution in [3.63, 3.8) is 0 Å². The maximum atomic E-state index is 12.8. The molecule has 0 bridgehead atoms. The summed E-state index contributed by atoms with van der Waals surface area (Å²) in [6.07, 6.45) is 4.05. The SMILES string of the molecule is CCOc1ccc(/C=C(\C#N)C(=O)Nc2sc3c(c2C(N)=O)CCC(C)C3)cc1OC. The van der Waals surface area contributed by atoms with Crippen molar-refractivity contribution < 1.29 is 19.1 Å². The molecule has 0 radical (unpaired) electrons. The number of anilines is 1. The highest BCUT2D eigenvalue weighted by Crippen LogP contribution is 2.39. The van der Waals surface area contributed by atoms with Gasteiger partial charge in [0, 0.05) is 4.88 Å². The molecule has 1 aliphatic rings. The number of amides is 2. The summed E-state index contributed by atoms with van der Waals surface area (Å²) in [5.41, 5.74) is 7.41. The molecule has 1 aromatic heterocycles. The number of carbonyl (C=O) groups excluding carboxylic acids is 2. The predicted molar refractivity (Wildman–Crippen MR) is 120 cm³/mol. The summed E-state index contributed by atoms with van der Waals surface area (Å²) < 4.78 is 10.8. The van der Waals surface area contributed by atoms with Crippen LogP contribution in [0, 0.1) is 17.2 Å². The minimum Gasteiger partial charge on any atom is -0.493 e. The van der Waals surface area contributed by atoms with Gasteiger partial charge in [-0.3, -0.25) is 9.59 Å². The molecule has 8 heteroatoms. The quantitative estimate of drug-likeness (QED) is 0.501. The molecule has 0 saturated heterocycles. The van der Waals surface area contributed by atoms with Crippen LogP contribution in [0.25, 0.3) is 6.08 Å². The van der Waals surface area contributed by atoms with Crippen molar-refractivity contribution in [2.75, 3.05) is 19.0 Å². The third-order valence-corrected chi connectivity index (χ3v) is 6.32. The highest BCUT2D eigenvalue weighted by Gasteiger charge is 2.27. The van der Waals surface area contributed by atoms with E-state index in [0.717, 1.165) is 29.7 Å². The molecule has 0 aliphatic heterocycles. The third-order valence-electron chi connectivity index (χ3n) is 5.15. The van der Waals surface area contributed by atoms with Crippen LogP contribution in [0.5, 0.6) is 11.5 Å². The first kappa shape index (κ1) is 22.4. The molecule has 0 fully saturated rings. The Morgan fingerprint density at radius 1 is 1.39 bits per heavy atom. The van der Waals surface area contributed by atoms with E-state index in [4.69, 9.17) is 15.2 Å². The van der Waals surface area contributed by atoms with Gasteiger partial charge in [0.15, 0.2) is 11.5 Å². The van der Waals surface area contributed by atoms with Crippen molar-refractivity contribution >= 4 is 34.2 Å². The zero-order valence-electron chi connectivity index (χ0n) is 17.8. The van der Waals surface area contributed by atoms with Crippen LogP contribution >= 0.6 is 11.3 Å². The number of hydrogen-bond acceptors (Lipinski definition) is 6. The van der Waals surface area contributed by atoms with Gasteiger partial charge in [-0.05, 0) is 61.4 Å². The van der Waals surface area contributed by atoms with E-state index >= 15 is 0 Å². The average Bonchev–Trinajstić information content (AvgIpc) is 3.09. The van der Waals surface area contributed by atoms with Crippen molar-refractivity contribution in [1.29, 1.82) is 5.26 Å². The van der Waals surface area contributed by atoms with Crippen molar-refractivity contribution in [3.8, 4) is 17.6 Å². The number of thiophene rings is 1. The van der Waals surface area contributed by atoms with Crippen LogP contribution in [0.3, 0.4) is 0 Å². The number of methoxy groups -OCH3 is 1. The number of nitriles is 1. The van der Waals surface area contributed by atoms with E-state index in [0.29, 0.717) is 40.2 Å². The van der Waals surface area contributed by atoms with Crippen LogP contribution in [0.15, 0.2) is 23.8 Å². The Kier molecular flexibility index (Phi) is 6.98. The molecule has 2 aromatic rings. The molecule has 162 valence electrons. The largest absolute Gasteiger partial charge is 0.493 e. The summed E-state index contributed by atoms with van der Waals surface area (Å²) in [5, 5.41) is 12.7. The summed E-state index contributed by atoms with van der Waals surface area (Å²) in [5.74, 6) is 0.434. The van der Waals surface area contributed by atoms with E-state index in [1.165, 1.54) is 24.5 Å². The second kappa shape index (κ2) is 9.67. The number of rotatable bonds is 7. The van der Waals surface area contributed by atoms with Crippen LogP contribution in [0.1, 0.15) is 46.6 Å². The molecule has 1 aliphatic carbocycles. The van der Waals surface area contributed by atoms with Crippen molar-refractivity contribution in [2.45, 2.75) is 33.1 Å². The molecule has 1 atom stereocenters. The van der Waals surface area contributed by atoms with Gasteiger partial charge >= 0.3 is 0 Å². The molecule has 7 nitrogen and oxygen atoms in total. The van der Waals surface area contributed by atoms with E-state index in [2.05, 4.69) is 12.2 Å². The van der Waals surface area contributed by atoms with Gasteiger partial charge < -0.3 is 20.5 Å². The maximum absolute atomic E-state index is 12.8. The maximum Gasteiger partial charge on any atom is 0.266 e. The molecule has 1 aromatic carbocycles. The number of primary amides is 1. The number of fused-ring (bicyclic) bond motifs is 1. The summed E-state index contributed by atoms with van der Waals surface area (Å²) >= 11 is 1.36. The summed E-state index contributed by atoms with van der Waals surface area (Å²) in [6, 6.07) is 7.08. The average molecular weight is 440 g/mol. The lowest BCUT2D eigenvalue weighted by molar-refractivity contribution is -0.112. The number of carbonyl (C=O) groups is 2. The second-order valence-corrected chi connectivity index (χ2v) is 8.49. The molecule has 0 spiro atoms. The summed E-state index contributed by atoms with van der Waals surface area (Å²) in [7, 11) is 1.52. The molecule has 1 unspecified atom stereocenters. The normalized spacial score (nSPS) is 15.5. The van der Waals surface area contributed by atoms with Crippen LogP contribution in [0.4, 0.5) is 5.00 Å². The van der Waals surface area contributed by atoms with Crippen LogP contribution < -0.4 is 20.5 Å². The van der Waals surface area contributed by atoms with Gasteiger partial charge in [0.05, 0.1) is 19.3 Å².